The van der Waals surface area contributed by atoms with Crippen LogP contribution in [0.25, 0.3) is 0 Å². The molecule has 1 fully saturated rings. The fraction of sp³-hybridized carbons (Fsp3) is 0.636. The molecule has 1 aliphatic heterocycles. The molecule has 0 unspecified atom stereocenters. The van der Waals surface area contributed by atoms with E-state index in [9.17, 15) is 23.1 Å². The number of ether oxygens (including phenoxy) is 2. The SMILES string of the molecule is C[C@@H]1CCCCO[C@@H](CN(C)C(=O)NC2CCCCC2)[C@H](C)CN([C@@H](C)CO)C(=O)c2cc(NS(=O)(=O)c3cccs3)ccc2O1. The smallest absolute Gasteiger partial charge is 0.317 e. The largest absolute Gasteiger partial charge is 0.490 e. The number of benzene rings is 1. The Morgan fingerprint density at radius 2 is 1.87 bits per heavy atom. The molecule has 46 heavy (non-hydrogen) atoms. The first kappa shape index (κ1) is 36.0. The fourth-order valence-electron chi connectivity index (χ4n) is 5.96. The van der Waals surface area contributed by atoms with Crippen LogP contribution in [0.1, 0.15) is 82.5 Å². The number of aliphatic hydroxyl groups is 1. The van der Waals surface area contributed by atoms with Crippen molar-refractivity contribution >= 4 is 39.0 Å². The molecular formula is C33H50N4O7S2. The van der Waals surface area contributed by atoms with Crippen LogP contribution in [0.3, 0.4) is 0 Å². The van der Waals surface area contributed by atoms with Gasteiger partial charge in [-0.1, -0.05) is 32.3 Å². The van der Waals surface area contributed by atoms with Crippen molar-refractivity contribution in [3.63, 3.8) is 0 Å². The molecule has 1 aromatic carbocycles. The van der Waals surface area contributed by atoms with Crippen LogP contribution in [-0.4, -0.2) is 92.9 Å². The molecule has 0 spiro atoms. The molecule has 3 N–H and O–H groups in total. The van der Waals surface area contributed by atoms with Crippen molar-refractivity contribution in [3.8, 4) is 5.75 Å². The van der Waals surface area contributed by atoms with Crippen LogP contribution in [0, 0.1) is 5.92 Å². The van der Waals surface area contributed by atoms with E-state index in [1.807, 2.05) is 13.8 Å². The van der Waals surface area contributed by atoms with E-state index in [2.05, 4.69) is 10.0 Å². The van der Waals surface area contributed by atoms with E-state index in [0.29, 0.717) is 18.9 Å². The third kappa shape index (κ3) is 9.82. The van der Waals surface area contributed by atoms with E-state index in [4.69, 9.17) is 9.47 Å². The van der Waals surface area contributed by atoms with E-state index >= 15 is 0 Å². The van der Waals surface area contributed by atoms with Crippen molar-refractivity contribution in [1.29, 1.82) is 0 Å². The Morgan fingerprint density at radius 1 is 1.13 bits per heavy atom. The number of hydrogen-bond acceptors (Lipinski definition) is 8. The third-order valence-electron chi connectivity index (χ3n) is 8.80. The number of amides is 3. The molecule has 0 bridgehead atoms. The van der Waals surface area contributed by atoms with Gasteiger partial charge in [0.2, 0.25) is 0 Å². The quantitative estimate of drug-likeness (QED) is 0.344. The number of thiophene rings is 1. The van der Waals surface area contributed by atoms with Crippen LogP contribution in [0.4, 0.5) is 10.5 Å². The van der Waals surface area contributed by atoms with Crippen molar-refractivity contribution in [2.75, 3.05) is 38.1 Å². The van der Waals surface area contributed by atoms with Crippen molar-refractivity contribution in [2.45, 2.75) is 101 Å². The summed E-state index contributed by atoms with van der Waals surface area (Å²) in [5.74, 6) is -0.245. The number of fused-ring (bicyclic) bond motifs is 1. The number of sulfonamides is 1. The minimum absolute atomic E-state index is 0.129. The summed E-state index contributed by atoms with van der Waals surface area (Å²) in [7, 11) is -2.07. The van der Waals surface area contributed by atoms with Crippen molar-refractivity contribution in [3.05, 3.63) is 41.3 Å². The number of hydrogen-bond donors (Lipinski definition) is 3. The third-order valence-corrected chi connectivity index (χ3v) is 11.6. The summed E-state index contributed by atoms with van der Waals surface area (Å²) in [6, 6.07) is 7.41. The van der Waals surface area contributed by atoms with Gasteiger partial charge in [-0.2, -0.15) is 0 Å². The second-order valence-corrected chi connectivity index (χ2v) is 15.6. The van der Waals surface area contributed by atoms with E-state index in [-0.39, 0.29) is 58.8 Å². The molecular weight excluding hydrogens is 629 g/mol. The van der Waals surface area contributed by atoms with Crippen LogP contribution < -0.4 is 14.8 Å². The van der Waals surface area contributed by atoms with Crippen LogP contribution in [0.15, 0.2) is 39.9 Å². The van der Waals surface area contributed by atoms with Gasteiger partial charge >= 0.3 is 6.03 Å². The van der Waals surface area contributed by atoms with Gasteiger partial charge in [-0.25, -0.2) is 13.2 Å². The molecule has 0 radical (unpaired) electrons. The maximum absolute atomic E-state index is 14.3. The molecule has 1 aromatic heterocycles. The number of likely N-dealkylation sites (N-methyl/N-ethyl adjacent to an activating group) is 1. The number of nitrogens with one attached hydrogen (secondary N) is 2. The van der Waals surface area contributed by atoms with Crippen molar-refractivity contribution in [2.24, 2.45) is 5.92 Å². The number of carbonyl (C=O) groups excluding carboxylic acids is 2. The molecule has 1 saturated carbocycles. The fourth-order valence-corrected chi connectivity index (χ4v) is 8.00. The summed E-state index contributed by atoms with van der Waals surface area (Å²) in [6.45, 7) is 6.51. The maximum atomic E-state index is 14.3. The highest BCUT2D eigenvalue weighted by atomic mass is 32.2. The van der Waals surface area contributed by atoms with Gasteiger partial charge in [0.15, 0.2) is 0 Å². The number of aliphatic hydroxyl groups excluding tert-OH is 1. The van der Waals surface area contributed by atoms with Crippen LogP contribution in [-0.2, 0) is 14.8 Å². The number of rotatable bonds is 8. The molecule has 11 nitrogen and oxygen atoms in total. The lowest BCUT2D eigenvalue weighted by Crippen LogP contribution is -2.50. The van der Waals surface area contributed by atoms with Crippen LogP contribution >= 0.6 is 11.3 Å². The summed E-state index contributed by atoms with van der Waals surface area (Å²) in [6.07, 6.45) is 7.25. The van der Waals surface area contributed by atoms with Gasteiger partial charge in [-0.15, -0.1) is 11.3 Å². The average Bonchev–Trinajstić information content (AvgIpc) is 3.59. The molecule has 2 aromatic rings. The van der Waals surface area contributed by atoms with E-state index in [1.165, 1.54) is 18.6 Å². The minimum Gasteiger partial charge on any atom is -0.490 e. The van der Waals surface area contributed by atoms with Crippen molar-refractivity contribution < 1.29 is 32.6 Å². The number of carbonyl (C=O) groups is 2. The summed E-state index contributed by atoms with van der Waals surface area (Å²) in [4.78, 5) is 30.7. The lowest BCUT2D eigenvalue weighted by Gasteiger charge is -2.36. The predicted octanol–water partition coefficient (Wildman–Crippen LogP) is 5.32. The summed E-state index contributed by atoms with van der Waals surface area (Å²) < 4.78 is 41.3. The molecule has 0 saturated heterocycles. The normalized spacial score (nSPS) is 23.0. The second-order valence-electron chi connectivity index (χ2n) is 12.7. The van der Waals surface area contributed by atoms with E-state index in [0.717, 1.165) is 56.3 Å². The van der Waals surface area contributed by atoms with Gasteiger partial charge < -0.3 is 29.7 Å². The Kier molecular flexibility index (Phi) is 13.1. The zero-order chi connectivity index (χ0) is 33.3. The summed E-state index contributed by atoms with van der Waals surface area (Å²) in [5, 5.41) is 15.0. The van der Waals surface area contributed by atoms with Crippen LogP contribution in [0.5, 0.6) is 5.75 Å². The highest BCUT2D eigenvalue weighted by Gasteiger charge is 2.31. The Balaban J connectivity index is 1.60. The molecule has 2 heterocycles. The van der Waals surface area contributed by atoms with Gasteiger partial charge in [-0.05, 0) is 75.6 Å². The lowest BCUT2D eigenvalue weighted by molar-refractivity contribution is -0.0123. The van der Waals surface area contributed by atoms with Gasteiger partial charge in [0.25, 0.3) is 15.9 Å². The predicted molar refractivity (Wildman–Crippen MR) is 180 cm³/mol. The Morgan fingerprint density at radius 3 is 2.57 bits per heavy atom. The summed E-state index contributed by atoms with van der Waals surface area (Å²) >= 11 is 1.10. The van der Waals surface area contributed by atoms with E-state index < -0.39 is 22.0 Å². The Bertz CT molecular complexity index is 1380. The zero-order valence-corrected chi connectivity index (χ0v) is 29.1. The number of anilines is 1. The van der Waals surface area contributed by atoms with Gasteiger partial charge in [-0.3, -0.25) is 9.52 Å². The molecule has 4 atom stereocenters. The maximum Gasteiger partial charge on any atom is 0.317 e. The molecule has 4 rings (SSSR count). The number of nitrogens with zero attached hydrogens (tertiary/aromatic N) is 2. The van der Waals surface area contributed by atoms with Gasteiger partial charge in [0, 0.05) is 44.4 Å². The standard InChI is InChI=1S/C33H50N4O7S2/c1-23-20-37(24(2)22-38)32(39)28-19-27(35-46(41,42)31-14-10-18-45-31)15-16-29(28)44-25(3)11-8-9-17-43-30(23)21-36(4)33(40)34-26-12-6-5-7-13-26/h10,14-16,18-19,23-26,30,35,38H,5-9,11-13,17,20-22H2,1-4H3,(H,34,40)/t23-,24+,25-,30+/m1/s1. The van der Waals surface area contributed by atoms with E-state index in [1.54, 1.807) is 47.4 Å². The van der Waals surface area contributed by atoms with Gasteiger partial charge in [0.1, 0.15) is 9.96 Å². The molecule has 2 aliphatic rings. The first-order valence-electron chi connectivity index (χ1n) is 16.4. The van der Waals surface area contributed by atoms with Gasteiger partial charge in [0.05, 0.1) is 30.4 Å². The lowest BCUT2D eigenvalue weighted by atomic mass is 9.96. The molecule has 3 amide bonds. The monoisotopic (exact) mass is 678 g/mol. The highest BCUT2D eigenvalue weighted by Crippen LogP contribution is 2.30. The number of urea groups is 1. The van der Waals surface area contributed by atoms with Crippen molar-refractivity contribution in [1.82, 2.24) is 15.1 Å². The second kappa shape index (κ2) is 16.8. The topological polar surface area (TPSA) is 138 Å². The molecule has 256 valence electrons. The molecule has 13 heteroatoms. The van der Waals surface area contributed by atoms with Crippen LogP contribution in [0.2, 0.25) is 0 Å². The Labute approximate surface area is 277 Å². The molecule has 1 aliphatic carbocycles. The highest BCUT2D eigenvalue weighted by molar-refractivity contribution is 7.94. The first-order chi connectivity index (χ1) is 22.0. The zero-order valence-electron chi connectivity index (χ0n) is 27.4. The minimum atomic E-state index is -3.84. The summed E-state index contributed by atoms with van der Waals surface area (Å²) in [5.41, 5.74) is 0.429. The first-order valence-corrected chi connectivity index (χ1v) is 18.8. The Hall–Kier alpha value is -2.87. The average molecular weight is 679 g/mol.